The van der Waals surface area contributed by atoms with Crippen LogP contribution in [0.1, 0.15) is 15.9 Å². The second kappa shape index (κ2) is 8.52. The predicted octanol–water partition coefficient (Wildman–Crippen LogP) is 2.83. The molecule has 2 rings (SSSR count). The summed E-state index contributed by atoms with van der Waals surface area (Å²) in [5, 5.41) is 11.2. The van der Waals surface area contributed by atoms with Crippen LogP contribution in [0.2, 0.25) is 0 Å². The SMILES string of the molecule is O=C(NCCOc1ccc(C(=O)O)cc1F)OCc1ccccc1. The minimum atomic E-state index is -1.22. The third-order valence-corrected chi connectivity index (χ3v) is 3.02. The molecule has 0 radical (unpaired) electrons. The number of hydrogen-bond donors (Lipinski definition) is 2. The first kappa shape index (κ1) is 17.3. The number of benzene rings is 2. The Morgan fingerprint density at radius 1 is 1.12 bits per heavy atom. The van der Waals surface area contributed by atoms with E-state index in [2.05, 4.69) is 5.32 Å². The maximum absolute atomic E-state index is 13.6. The van der Waals surface area contributed by atoms with Crippen LogP contribution in [0, 0.1) is 5.82 Å². The summed E-state index contributed by atoms with van der Waals surface area (Å²) < 4.78 is 23.8. The first-order valence-electron chi connectivity index (χ1n) is 7.16. The molecule has 2 aromatic carbocycles. The van der Waals surface area contributed by atoms with Gasteiger partial charge >= 0.3 is 12.1 Å². The second-order valence-electron chi connectivity index (χ2n) is 4.79. The van der Waals surface area contributed by atoms with Gasteiger partial charge in [0.15, 0.2) is 11.6 Å². The van der Waals surface area contributed by atoms with Crippen molar-refractivity contribution >= 4 is 12.1 Å². The molecule has 2 N–H and O–H groups in total. The van der Waals surface area contributed by atoms with E-state index in [-0.39, 0.29) is 31.1 Å². The van der Waals surface area contributed by atoms with E-state index in [9.17, 15) is 14.0 Å². The van der Waals surface area contributed by atoms with Crippen molar-refractivity contribution < 1.29 is 28.6 Å². The van der Waals surface area contributed by atoms with Gasteiger partial charge in [-0.05, 0) is 23.8 Å². The number of alkyl carbamates (subject to hydrolysis) is 1. The normalized spacial score (nSPS) is 10.0. The molecule has 0 bridgehead atoms. The molecular weight excluding hydrogens is 317 g/mol. The Balaban J connectivity index is 1.69. The molecule has 0 spiro atoms. The Kier molecular flexibility index (Phi) is 6.13. The molecule has 7 heteroatoms. The number of nitrogens with one attached hydrogen (secondary N) is 1. The number of aromatic carboxylic acids is 1. The Labute approximate surface area is 137 Å². The van der Waals surface area contributed by atoms with E-state index in [1.165, 1.54) is 12.1 Å². The monoisotopic (exact) mass is 333 g/mol. The maximum atomic E-state index is 13.6. The zero-order valence-corrected chi connectivity index (χ0v) is 12.7. The number of carboxylic acids is 1. The average Bonchev–Trinajstić information content (AvgIpc) is 2.58. The van der Waals surface area contributed by atoms with Gasteiger partial charge in [-0.3, -0.25) is 0 Å². The number of carboxylic acid groups (broad SMARTS) is 1. The summed E-state index contributed by atoms with van der Waals surface area (Å²) in [5.41, 5.74) is 0.701. The number of halogens is 1. The fraction of sp³-hybridized carbons (Fsp3) is 0.176. The van der Waals surface area contributed by atoms with Crippen LogP contribution in [0.15, 0.2) is 48.5 Å². The summed E-state index contributed by atoms with van der Waals surface area (Å²) in [6.07, 6.45) is -0.607. The minimum Gasteiger partial charge on any atom is -0.489 e. The lowest BCUT2D eigenvalue weighted by Crippen LogP contribution is -2.28. The van der Waals surface area contributed by atoms with Crippen molar-refractivity contribution in [2.45, 2.75) is 6.61 Å². The molecule has 0 saturated carbocycles. The highest BCUT2D eigenvalue weighted by Gasteiger charge is 2.09. The van der Waals surface area contributed by atoms with Gasteiger partial charge in [0.1, 0.15) is 13.2 Å². The number of carbonyl (C=O) groups excluding carboxylic acids is 1. The van der Waals surface area contributed by atoms with Crippen molar-refractivity contribution in [1.29, 1.82) is 0 Å². The molecule has 0 aliphatic carbocycles. The highest BCUT2D eigenvalue weighted by atomic mass is 19.1. The van der Waals surface area contributed by atoms with Gasteiger partial charge in [-0.1, -0.05) is 30.3 Å². The standard InChI is InChI=1S/C17H16FNO5/c18-14-10-13(16(20)21)6-7-15(14)23-9-8-19-17(22)24-11-12-4-2-1-3-5-12/h1-7,10H,8-9,11H2,(H,19,22)(H,20,21). The summed E-state index contributed by atoms with van der Waals surface area (Å²) in [7, 11) is 0. The van der Waals surface area contributed by atoms with Gasteiger partial charge < -0.3 is 19.9 Å². The van der Waals surface area contributed by atoms with Crippen LogP contribution in [0.25, 0.3) is 0 Å². The predicted molar refractivity (Wildman–Crippen MR) is 83.5 cm³/mol. The second-order valence-corrected chi connectivity index (χ2v) is 4.79. The maximum Gasteiger partial charge on any atom is 0.407 e. The summed E-state index contributed by atoms with van der Waals surface area (Å²) in [5.74, 6) is -2.08. The highest BCUT2D eigenvalue weighted by Crippen LogP contribution is 2.18. The fourth-order valence-corrected chi connectivity index (χ4v) is 1.84. The average molecular weight is 333 g/mol. The van der Waals surface area contributed by atoms with Crippen molar-refractivity contribution in [3.8, 4) is 5.75 Å². The van der Waals surface area contributed by atoms with Gasteiger partial charge in [0.2, 0.25) is 0 Å². The molecule has 0 aliphatic rings. The molecule has 1 amide bonds. The lowest BCUT2D eigenvalue weighted by Gasteiger charge is -2.09. The number of rotatable bonds is 7. The van der Waals surface area contributed by atoms with Crippen molar-refractivity contribution in [2.75, 3.05) is 13.2 Å². The Morgan fingerprint density at radius 3 is 2.54 bits per heavy atom. The lowest BCUT2D eigenvalue weighted by atomic mass is 10.2. The van der Waals surface area contributed by atoms with Crippen molar-refractivity contribution in [2.24, 2.45) is 0 Å². The van der Waals surface area contributed by atoms with E-state index in [1.807, 2.05) is 30.3 Å². The zero-order valence-electron chi connectivity index (χ0n) is 12.7. The van der Waals surface area contributed by atoms with Gasteiger partial charge in [-0.25, -0.2) is 14.0 Å². The minimum absolute atomic E-state index is 0.0176. The first-order chi connectivity index (χ1) is 11.6. The van der Waals surface area contributed by atoms with Crippen LogP contribution in [0.3, 0.4) is 0 Å². The molecule has 0 aliphatic heterocycles. The van der Waals surface area contributed by atoms with E-state index in [0.29, 0.717) is 0 Å². The van der Waals surface area contributed by atoms with Gasteiger partial charge in [0.05, 0.1) is 12.1 Å². The lowest BCUT2D eigenvalue weighted by molar-refractivity contribution is 0.0696. The van der Waals surface area contributed by atoms with Crippen LogP contribution in [-0.4, -0.2) is 30.3 Å². The molecule has 24 heavy (non-hydrogen) atoms. The molecule has 0 aromatic heterocycles. The molecule has 0 saturated heterocycles. The van der Waals surface area contributed by atoms with Crippen LogP contribution in [0.4, 0.5) is 9.18 Å². The Morgan fingerprint density at radius 2 is 1.88 bits per heavy atom. The molecule has 0 atom stereocenters. The van der Waals surface area contributed by atoms with Crippen LogP contribution < -0.4 is 10.1 Å². The summed E-state index contributed by atoms with van der Waals surface area (Å²) in [6.45, 7) is 0.288. The Bertz CT molecular complexity index is 705. The quantitative estimate of drug-likeness (QED) is 0.761. The zero-order chi connectivity index (χ0) is 17.4. The van der Waals surface area contributed by atoms with Crippen molar-refractivity contribution in [3.05, 3.63) is 65.5 Å². The van der Waals surface area contributed by atoms with E-state index >= 15 is 0 Å². The molecule has 0 unspecified atom stereocenters. The van der Waals surface area contributed by atoms with Crippen molar-refractivity contribution in [1.82, 2.24) is 5.32 Å². The number of ether oxygens (including phenoxy) is 2. The molecule has 126 valence electrons. The largest absolute Gasteiger partial charge is 0.489 e. The summed E-state index contributed by atoms with van der Waals surface area (Å²) >= 11 is 0. The number of amides is 1. The van der Waals surface area contributed by atoms with Crippen LogP contribution in [0.5, 0.6) is 5.75 Å². The fourth-order valence-electron chi connectivity index (χ4n) is 1.84. The molecule has 0 fully saturated rings. The van der Waals surface area contributed by atoms with Crippen molar-refractivity contribution in [3.63, 3.8) is 0 Å². The number of hydrogen-bond acceptors (Lipinski definition) is 4. The number of carbonyl (C=O) groups is 2. The van der Waals surface area contributed by atoms with Crippen LogP contribution in [-0.2, 0) is 11.3 Å². The van der Waals surface area contributed by atoms with Gasteiger partial charge in [0.25, 0.3) is 0 Å². The smallest absolute Gasteiger partial charge is 0.407 e. The molecule has 2 aromatic rings. The van der Waals surface area contributed by atoms with E-state index in [0.717, 1.165) is 11.6 Å². The highest BCUT2D eigenvalue weighted by molar-refractivity contribution is 5.87. The third-order valence-electron chi connectivity index (χ3n) is 3.02. The van der Waals surface area contributed by atoms with E-state index in [1.54, 1.807) is 0 Å². The van der Waals surface area contributed by atoms with Gasteiger partial charge in [-0.2, -0.15) is 0 Å². The summed E-state index contributed by atoms with van der Waals surface area (Å²) in [6, 6.07) is 12.6. The summed E-state index contributed by atoms with van der Waals surface area (Å²) in [4.78, 5) is 22.2. The third kappa shape index (κ3) is 5.28. The van der Waals surface area contributed by atoms with E-state index in [4.69, 9.17) is 14.6 Å². The molecule has 0 heterocycles. The van der Waals surface area contributed by atoms with E-state index < -0.39 is 17.9 Å². The topological polar surface area (TPSA) is 84.9 Å². The van der Waals surface area contributed by atoms with Crippen LogP contribution >= 0.6 is 0 Å². The molecular formula is C17H16FNO5. The Hall–Kier alpha value is -3.09. The van der Waals surface area contributed by atoms with Gasteiger partial charge in [-0.15, -0.1) is 0 Å². The molecule has 6 nitrogen and oxygen atoms in total. The van der Waals surface area contributed by atoms with Gasteiger partial charge in [0, 0.05) is 0 Å². The first-order valence-corrected chi connectivity index (χ1v) is 7.16.